The van der Waals surface area contributed by atoms with E-state index in [0.29, 0.717) is 13.0 Å². The van der Waals surface area contributed by atoms with Gasteiger partial charge in [0.25, 0.3) is 0 Å². The Morgan fingerprint density at radius 1 is 1.28 bits per heavy atom. The van der Waals surface area contributed by atoms with Gasteiger partial charge in [0.05, 0.1) is 6.20 Å². The first-order chi connectivity index (χ1) is 8.72. The van der Waals surface area contributed by atoms with Gasteiger partial charge in [-0.05, 0) is 30.0 Å². The van der Waals surface area contributed by atoms with Gasteiger partial charge in [-0.3, -0.25) is 9.78 Å². The maximum absolute atomic E-state index is 13.0. The van der Waals surface area contributed by atoms with Gasteiger partial charge in [-0.1, -0.05) is 0 Å². The van der Waals surface area contributed by atoms with Crippen molar-refractivity contribution >= 4 is 5.78 Å². The fraction of sp³-hybridized carbons (Fsp3) is 0.286. The average Bonchev–Trinajstić information content (AvgIpc) is 2.73. The molecule has 1 aliphatic rings. The number of carbonyl (C=O) groups excluding carboxylic acids is 1. The average molecular weight is 244 g/mol. The maximum Gasteiger partial charge on any atom is 0.164 e. The van der Waals surface area contributed by atoms with Crippen LogP contribution in [0.25, 0.3) is 0 Å². The first kappa shape index (κ1) is 11.1. The standard InChI is InChI=1S/C14H13FN2O/c15-12-4-10(5-16-6-12)7-17-8-11-2-1-3-14(18)13(11)9-17/h4-6,8-9H,1-3,7H2. The molecule has 18 heavy (non-hydrogen) atoms. The zero-order valence-corrected chi connectivity index (χ0v) is 9.90. The lowest BCUT2D eigenvalue weighted by molar-refractivity contribution is 0.0973. The number of hydrogen-bond donors (Lipinski definition) is 0. The van der Waals surface area contributed by atoms with Crippen LogP contribution in [0.4, 0.5) is 4.39 Å². The van der Waals surface area contributed by atoms with Gasteiger partial charge in [0.2, 0.25) is 0 Å². The van der Waals surface area contributed by atoms with Crippen molar-refractivity contribution in [1.82, 2.24) is 9.55 Å². The number of halogens is 1. The van der Waals surface area contributed by atoms with Gasteiger partial charge in [-0.2, -0.15) is 0 Å². The number of aromatic nitrogens is 2. The Morgan fingerprint density at radius 3 is 2.94 bits per heavy atom. The van der Waals surface area contributed by atoms with Gasteiger partial charge >= 0.3 is 0 Å². The largest absolute Gasteiger partial charge is 0.349 e. The number of rotatable bonds is 2. The molecule has 0 aromatic carbocycles. The second-order valence-corrected chi connectivity index (χ2v) is 4.66. The normalized spacial score (nSPS) is 14.6. The first-order valence-electron chi connectivity index (χ1n) is 6.03. The van der Waals surface area contributed by atoms with Crippen LogP contribution in [0, 0.1) is 5.82 Å². The molecular weight excluding hydrogens is 231 g/mol. The van der Waals surface area contributed by atoms with E-state index >= 15 is 0 Å². The predicted molar refractivity (Wildman–Crippen MR) is 65.0 cm³/mol. The molecule has 2 heterocycles. The summed E-state index contributed by atoms with van der Waals surface area (Å²) in [6.45, 7) is 0.547. The van der Waals surface area contributed by atoms with Gasteiger partial charge in [0.1, 0.15) is 5.82 Å². The monoisotopic (exact) mass is 244 g/mol. The van der Waals surface area contributed by atoms with Gasteiger partial charge in [-0.15, -0.1) is 0 Å². The molecule has 2 aromatic rings. The van der Waals surface area contributed by atoms with Crippen LogP contribution in [-0.4, -0.2) is 15.3 Å². The van der Waals surface area contributed by atoms with Crippen molar-refractivity contribution < 1.29 is 9.18 Å². The topological polar surface area (TPSA) is 34.9 Å². The summed E-state index contributed by atoms with van der Waals surface area (Å²) in [5.41, 5.74) is 2.73. The summed E-state index contributed by atoms with van der Waals surface area (Å²) in [5, 5.41) is 0. The smallest absolute Gasteiger partial charge is 0.164 e. The van der Waals surface area contributed by atoms with Crippen LogP contribution in [-0.2, 0) is 13.0 Å². The van der Waals surface area contributed by atoms with Crippen LogP contribution in [0.15, 0.2) is 30.9 Å². The van der Waals surface area contributed by atoms with Gasteiger partial charge in [0.15, 0.2) is 5.78 Å². The summed E-state index contributed by atoms with van der Waals surface area (Å²) in [6, 6.07) is 1.47. The Bertz CT molecular complexity index is 604. The molecule has 0 unspecified atom stereocenters. The Kier molecular flexibility index (Phi) is 2.70. The van der Waals surface area contributed by atoms with Crippen LogP contribution in [0.1, 0.15) is 34.3 Å². The van der Waals surface area contributed by atoms with Crippen LogP contribution in [0.3, 0.4) is 0 Å². The van der Waals surface area contributed by atoms with Gasteiger partial charge in [-0.25, -0.2) is 4.39 Å². The van der Waals surface area contributed by atoms with E-state index in [1.54, 1.807) is 6.20 Å². The van der Waals surface area contributed by atoms with Crippen LogP contribution < -0.4 is 0 Å². The highest BCUT2D eigenvalue weighted by molar-refractivity contribution is 5.98. The molecule has 0 atom stereocenters. The van der Waals surface area contributed by atoms with Crippen molar-refractivity contribution in [2.45, 2.75) is 25.8 Å². The number of fused-ring (bicyclic) bond motifs is 1. The van der Waals surface area contributed by atoms with E-state index in [4.69, 9.17) is 0 Å². The lowest BCUT2D eigenvalue weighted by Gasteiger charge is -2.07. The molecule has 1 aliphatic carbocycles. The maximum atomic E-state index is 13.0. The molecule has 0 fully saturated rings. The highest BCUT2D eigenvalue weighted by Crippen LogP contribution is 2.22. The van der Waals surface area contributed by atoms with E-state index < -0.39 is 0 Å². The highest BCUT2D eigenvalue weighted by atomic mass is 19.1. The SMILES string of the molecule is O=C1CCCc2cn(Cc3cncc(F)c3)cc21. The van der Waals surface area contributed by atoms with Gasteiger partial charge < -0.3 is 4.57 Å². The van der Waals surface area contributed by atoms with E-state index in [1.165, 1.54) is 12.3 Å². The molecule has 0 amide bonds. The van der Waals surface area contributed by atoms with E-state index in [9.17, 15) is 9.18 Å². The molecule has 0 radical (unpaired) electrons. The number of ketones is 1. The third-order valence-electron chi connectivity index (χ3n) is 3.24. The molecule has 3 rings (SSSR count). The van der Waals surface area contributed by atoms with E-state index in [2.05, 4.69) is 4.98 Å². The molecule has 0 spiro atoms. The van der Waals surface area contributed by atoms with Crippen LogP contribution >= 0.6 is 0 Å². The molecule has 0 saturated heterocycles. The second-order valence-electron chi connectivity index (χ2n) is 4.66. The molecule has 92 valence electrons. The minimum Gasteiger partial charge on any atom is -0.349 e. The zero-order valence-electron chi connectivity index (χ0n) is 9.90. The lowest BCUT2D eigenvalue weighted by Crippen LogP contribution is -2.07. The zero-order chi connectivity index (χ0) is 12.5. The fourth-order valence-electron chi connectivity index (χ4n) is 2.42. The van der Waals surface area contributed by atoms with E-state index in [0.717, 1.165) is 29.5 Å². The number of carbonyl (C=O) groups is 1. The van der Waals surface area contributed by atoms with Crippen molar-refractivity contribution in [1.29, 1.82) is 0 Å². The molecule has 0 saturated carbocycles. The van der Waals surface area contributed by atoms with E-state index in [-0.39, 0.29) is 11.6 Å². The van der Waals surface area contributed by atoms with Crippen molar-refractivity contribution in [2.24, 2.45) is 0 Å². The van der Waals surface area contributed by atoms with Gasteiger partial charge in [0, 0.05) is 37.1 Å². The van der Waals surface area contributed by atoms with Crippen LogP contribution in [0.5, 0.6) is 0 Å². The molecular formula is C14H13FN2O. The third kappa shape index (κ3) is 2.06. The number of hydrogen-bond acceptors (Lipinski definition) is 2. The number of pyridine rings is 1. The molecule has 0 bridgehead atoms. The second kappa shape index (κ2) is 4.37. The summed E-state index contributed by atoms with van der Waals surface area (Å²) >= 11 is 0. The summed E-state index contributed by atoms with van der Waals surface area (Å²) in [7, 11) is 0. The Morgan fingerprint density at radius 2 is 2.17 bits per heavy atom. The summed E-state index contributed by atoms with van der Waals surface area (Å²) in [4.78, 5) is 15.5. The van der Waals surface area contributed by atoms with Crippen molar-refractivity contribution in [3.8, 4) is 0 Å². The lowest BCUT2D eigenvalue weighted by atomic mass is 9.95. The first-order valence-corrected chi connectivity index (χ1v) is 6.03. The molecule has 0 aliphatic heterocycles. The molecule has 2 aromatic heterocycles. The van der Waals surface area contributed by atoms with E-state index in [1.807, 2.05) is 17.0 Å². The van der Waals surface area contributed by atoms with Crippen molar-refractivity contribution in [2.75, 3.05) is 0 Å². The van der Waals surface area contributed by atoms with Crippen molar-refractivity contribution in [3.05, 3.63) is 53.4 Å². The van der Waals surface area contributed by atoms with Crippen LogP contribution in [0.2, 0.25) is 0 Å². The number of aryl methyl sites for hydroxylation is 1. The third-order valence-corrected chi connectivity index (χ3v) is 3.24. The summed E-state index contributed by atoms with van der Waals surface area (Å²) in [5.74, 6) is -0.118. The quantitative estimate of drug-likeness (QED) is 0.813. The Balaban J connectivity index is 1.88. The fourth-order valence-corrected chi connectivity index (χ4v) is 2.42. The Labute approximate surface area is 104 Å². The minimum atomic E-state index is -0.333. The predicted octanol–water partition coefficient (Wildman–Crippen LogP) is 2.59. The summed E-state index contributed by atoms with van der Waals surface area (Å²) in [6.07, 6.45) is 9.20. The molecule has 4 heteroatoms. The highest BCUT2D eigenvalue weighted by Gasteiger charge is 2.19. The van der Waals surface area contributed by atoms with Crippen molar-refractivity contribution in [3.63, 3.8) is 0 Å². The minimum absolute atomic E-state index is 0.215. The molecule has 3 nitrogen and oxygen atoms in total. The Hall–Kier alpha value is -1.97. The molecule has 0 N–H and O–H groups in total. The number of nitrogens with zero attached hydrogens (tertiary/aromatic N) is 2. The summed E-state index contributed by atoms with van der Waals surface area (Å²) < 4.78 is 15.0. The number of Topliss-reactive ketones (excluding diaryl/α,β-unsaturated/α-hetero) is 1.